The Hall–Kier alpha value is -1.68. The molecule has 140 valence electrons. The summed E-state index contributed by atoms with van der Waals surface area (Å²) in [7, 11) is 0. The van der Waals surface area contributed by atoms with Crippen molar-refractivity contribution in [2.75, 3.05) is 6.54 Å². The number of nitrogens with one attached hydrogen (secondary N) is 2. The molecule has 1 aromatic carbocycles. The maximum absolute atomic E-state index is 11.9. The number of nitrogen functional groups attached to an aromatic ring is 1. The van der Waals surface area contributed by atoms with Crippen LogP contribution in [0, 0.1) is 5.41 Å². The number of unbranched alkanes of at least 4 members (excludes halogenated alkanes) is 8. The number of Topliss-reactive ketones (excluding diaryl/α,β-unsaturated/α-hetero) is 1. The molecular formula is C21H35N3O. The highest BCUT2D eigenvalue weighted by Crippen LogP contribution is 2.10. The monoisotopic (exact) mass is 345 g/mol. The Morgan fingerprint density at radius 2 is 1.52 bits per heavy atom. The van der Waals surface area contributed by atoms with Crippen LogP contribution in [0.3, 0.4) is 0 Å². The highest BCUT2D eigenvalue weighted by Gasteiger charge is 2.02. The maximum Gasteiger partial charge on any atom is 0.146 e. The van der Waals surface area contributed by atoms with Crippen molar-refractivity contribution in [3.63, 3.8) is 0 Å². The first-order chi connectivity index (χ1) is 12.1. The number of ketones is 1. The molecule has 1 rings (SSSR count). The van der Waals surface area contributed by atoms with Gasteiger partial charge in [0.2, 0.25) is 0 Å². The molecule has 4 N–H and O–H groups in total. The Bertz CT molecular complexity index is 496. The van der Waals surface area contributed by atoms with Crippen LogP contribution in [0.1, 0.15) is 82.3 Å². The van der Waals surface area contributed by atoms with E-state index in [0.29, 0.717) is 25.3 Å². The van der Waals surface area contributed by atoms with E-state index in [2.05, 4.69) is 12.2 Å². The van der Waals surface area contributed by atoms with Gasteiger partial charge in [0, 0.05) is 18.5 Å². The van der Waals surface area contributed by atoms with E-state index in [0.717, 1.165) is 17.5 Å². The van der Waals surface area contributed by atoms with Gasteiger partial charge in [0.05, 0.1) is 6.54 Å². The summed E-state index contributed by atoms with van der Waals surface area (Å²) in [5.41, 5.74) is 7.26. The zero-order valence-corrected chi connectivity index (χ0v) is 15.8. The third kappa shape index (κ3) is 10.7. The Morgan fingerprint density at radius 3 is 2.08 bits per heavy atom. The second-order valence-corrected chi connectivity index (χ2v) is 6.83. The molecule has 1 aromatic rings. The van der Waals surface area contributed by atoms with Gasteiger partial charge in [-0.15, -0.1) is 0 Å². The predicted molar refractivity (Wildman–Crippen MR) is 106 cm³/mol. The molecule has 4 heteroatoms. The lowest BCUT2D eigenvalue weighted by Gasteiger charge is -2.06. The highest BCUT2D eigenvalue weighted by atomic mass is 16.1. The minimum absolute atomic E-state index is 0.0793. The number of benzene rings is 1. The standard InChI is InChI=1S/C21H35N3O/c1-2-3-4-5-6-7-8-9-10-11-20(25)17-24-16-18-12-14-19(15-13-18)21(22)23/h12-15,24H,2-11,16-17H2,1H3,(H3,22,23). The smallest absolute Gasteiger partial charge is 0.146 e. The molecule has 0 aliphatic heterocycles. The first-order valence-electron chi connectivity index (χ1n) is 9.79. The fraction of sp³-hybridized carbons (Fsp3) is 0.619. The molecular weight excluding hydrogens is 310 g/mol. The summed E-state index contributed by atoms with van der Waals surface area (Å²) < 4.78 is 0. The fourth-order valence-electron chi connectivity index (χ4n) is 2.87. The summed E-state index contributed by atoms with van der Waals surface area (Å²) in [6, 6.07) is 7.55. The van der Waals surface area contributed by atoms with Crippen molar-refractivity contribution in [1.82, 2.24) is 5.32 Å². The van der Waals surface area contributed by atoms with E-state index in [1.54, 1.807) is 0 Å². The number of carbonyl (C=O) groups is 1. The number of amidine groups is 1. The van der Waals surface area contributed by atoms with E-state index in [-0.39, 0.29) is 5.84 Å². The molecule has 0 atom stereocenters. The van der Waals surface area contributed by atoms with Crippen LogP contribution in [0.4, 0.5) is 0 Å². The molecule has 0 radical (unpaired) electrons. The van der Waals surface area contributed by atoms with Gasteiger partial charge in [-0.05, 0) is 12.0 Å². The van der Waals surface area contributed by atoms with Crippen LogP contribution in [-0.4, -0.2) is 18.2 Å². The number of rotatable bonds is 15. The maximum atomic E-state index is 11.9. The Labute approximate surface area is 153 Å². The zero-order valence-electron chi connectivity index (χ0n) is 15.8. The number of nitrogens with two attached hydrogens (primary N) is 1. The molecule has 0 unspecified atom stereocenters. The van der Waals surface area contributed by atoms with E-state index in [4.69, 9.17) is 11.1 Å². The molecule has 0 saturated carbocycles. The molecule has 4 nitrogen and oxygen atoms in total. The van der Waals surface area contributed by atoms with E-state index in [1.165, 1.54) is 51.4 Å². The average Bonchev–Trinajstić information content (AvgIpc) is 2.61. The van der Waals surface area contributed by atoms with Gasteiger partial charge < -0.3 is 11.1 Å². The Balaban J connectivity index is 1.99. The summed E-state index contributed by atoms with van der Waals surface area (Å²) >= 11 is 0. The SMILES string of the molecule is CCCCCCCCCCCC(=O)CNCc1ccc(C(=N)N)cc1. The van der Waals surface area contributed by atoms with Crippen LogP contribution in [0.25, 0.3) is 0 Å². The van der Waals surface area contributed by atoms with E-state index in [9.17, 15) is 4.79 Å². The van der Waals surface area contributed by atoms with Gasteiger partial charge in [0.15, 0.2) is 0 Å². The second kappa shape index (κ2) is 13.6. The van der Waals surface area contributed by atoms with Gasteiger partial charge in [-0.1, -0.05) is 82.6 Å². The van der Waals surface area contributed by atoms with Crippen LogP contribution in [0.2, 0.25) is 0 Å². The quantitative estimate of drug-likeness (QED) is 0.248. The van der Waals surface area contributed by atoms with Crippen molar-refractivity contribution in [1.29, 1.82) is 5.41 Å². The van der Waals surface area contributed by atoms with E-state index >= 15 is 0 Å². The molecule has 0 aromatic heterocycles. The van der Waals surface area contributed by atoms with E-state index < -0.39 is 0 Å². The largest absolute Gasteiger partial charge is 0.384 e. The van der Waals surface area contributed by atoms with Crippen LogP contribution in [0.15, 0.2) is 24.3 Å². The van der Waals surface area contributed by atoms with Gasteiger partial charge in [0.25, 0.3) is 0 Å². The van der Waals surface area contributed by atoms with Gasteiger partial charge in [-0.25, -0.2) is 0 Å². The molecule has 0 spiro atoms. The lowest BCUT2D eigenvalue weighted by Crippen LogP contribution is -2.22. The van der Waals surface area contributed by atoms with Crippen molar-refractivity contribution in [3.8, 4) is 0 Å². The van der Waals surface area contributed by atoms with E-state index in [1.807, 2.05) is 24.3 Å². The normalized spacial score (nSPS) is 10.8. The number of hydrogen-bond acceptors (Lipinski definition) is 3. The summed E-state index contributed by atoms with van der Waals surface area (Å²) in [5, 5.41) is 10.6. The highest BCUT2D eigenvalue weighted by molar-refractivity contribution is 5.94. The third-order valence-electron chi connectivity index (χ3n) is 4.48. The lowest BCUT2D eigenvalue weighted by molar-refractivity contribution is -0.118. The Morgan fingerprint density at radius 1 is 0.960 bits per heavy atom. The summed E-state index contributed by atoms with van der Waals surface area (Å²) in [5.74, 6) is 0.374. The van der Waals surface area contributed by atoms with Crippen molar-refractivity contribution < 1.29 is 4.79 Å². The minimum atomic E-state index is 0.0793. The summed E-state index contributed by atoms with van der Waals surface area (Å²) in [6.45, 7) is 3.35. The van der Waals surface area contributed by atoms with Crippen LogP contribution in [-0.2, 0) is 11.3 Å². The average molecular weight is 346 g/mol. The second-order valence-electron chi connectivity index (χ2n) is 6.83. The predicted octanol–water partition coefficient (Wildman–Crippen LogP) is 4.55. The van der Waals surface area contributed by atoms with Crippen LogP contribution >= 0.6 is 0 Å². The van der Waals surface area contributed by atoms with Crippen molar-refractivity contribution in [2.24, 2.45) is 5.73 Å². The number of hydrogen-bond donors (Lipinski definition) is 3. The molecule has 0 fully saturated rings. The van der Waals surface area contributed by atoms with Crippen molar-refractivity contribution >= 4 is 11.6 Å². The van der Waals surface area contributed by atoms with Crippen molar-refractivity contribution in [2.45, 2.75) is 77.7 Å². The summed E-state index contributed by atoms with van der Waals surface area (Å²) in [6.07, 6.45) is 12.2. The molecule has 0 aliphatic rings. The topological polar surface area (TPSA) is 79.0 Å². The first-order valence-corrected chi connectivity index (χ1v) is 9.79. The third-order valence-corrected chi connectivity index (χ3v) is 4.48. The number of carbonyl (C=O) groups excluding carboxylic acids is 1. The van der Waals surface area contributed by atoms with Crippen LogP contribution in [0.5, 0.6) is 0 Å². The zero-order chi connectivity index (χ0) is 18.3. The minimum Gasteiger partial charge on any atom is -0.384 e. The molecule has 0 amide bonds. The summed E-state index contributed by atoms with van der Waals surface area (Å²) in [4.78, 5) is 11.9. The molecule has 0 saturated heterocycles. The molecule has 0 bridgehead atoms. The van der Waals surface area contributed by atoms with Gasteiger partial charge in [-0.2, -0.15) is 0 Å². The first kappa shape index (κ1) is 21.4. The molecule has 0 heterocycles. The molecule has 0 aliphatic carbocycles. The van der Waals surface area contributed by atoms with Crippen molar-refractivity contribution in [3.05, 3.63) is 35.4 Å². The van der Waals surface area contributed by atoms with Crippen LogP contribution < -0.4 is 11.1 Å². The fourth-order valence-corrected chi connectivity index (χ4v) is 2.87. The lowest BCUT2D eigenvalue weighted by atomic mass is 10.1. The Kier molecular flexibility index (Phi) is 11.6. The molecule has 25 heavy (non-hydrogen) atoms. The van der Waals surface area contributed by atoms with Gasteiger partial charge in [-0.3, -0.25) is 10.2 Å². The van der Waals surface area contributed by atoms with Gasteiger partial charge in [0.1, 0.15) is 11.6 Å². The van der Waals surface area contributed by atoms with Gasteiger partial charge >= 0.3 is 0 Å².